The molecule has 0 radical (unpaired) electrons. The zero-order valence-electron chi connectivity index (χ0n) is 10.5. The molecule has 1 heterocycles. The number of carbonyl (C=O) groups is 1. The molecule has 5 nitrogen and oxygen atoms in total. The Morgan fingerprint density at radius 1 is 1.25 bits per heavy atom. The van der Waals surface area contributed by atoms with Crippen molar-refractivity contribution in [3.63, 3.8) is 0 Å². The molecule has 0 atom stereocenters. The molecule has 0 bridgehead atoms. The summed E-state index contributed by atoms with van der Waals surface area (Å²) < 4.78 is 26.8. The molecule has 0 amide bonds. The molecular weight excluding hydrogens is 296 g/mol. The van der Waals surface area contributed by atoms with Gasteiger partial charge in [0.05, 0.1) is 5.69 Å². The molecule has 0 aliphatic heterocycles. The molecule has 2 rings (SSSR count). The van der Waals surface area contributed by atoms with Crippen LogP contribution in [0.25, 0.3) is 0 Å². The fourth-order valence-corrected chi connectivity index (χ4v) is 3.78. The number of rotatable bonds is 4. The second-order valence-electron chi connectivity index (χ2n) is 3.94. The van der Waals surface area contributed by atoms with Gasteiger partial charge in [-0.05, 0) is 31.2 Å². The lowest BCUT2D eigenvalue weighted by molar-refractivity contribution is 0.101. The van der Waals surface area contributed by atoms with Gasteiger partial charge in [-0.15, -0.1) is 11.3 Å². The molecule has 20 heavy (non-hydrogen) atoms. The zero-order valence-corrected chi connectivity index (χ0v) is 12.1. The fourth-order valence-electron chi connectivity index (χ4n) is 1.60. The van der Waals surface area contributed by atoms with E-state index in [4.69, 9.17) is 5.26 Å². The van der Waals surface area contributed by atoms with Gasteiger partial charge in [-0.25, -0.2) is 8.42 Å². The van der Waals surface area contributed by atoms with Crippen molar-refractivity contribution >= 4 is 32.8 Å². The van der Waals surface area contributed by atoms with Crippen LogP contribution in [0.1, 0.15) is 22.2 Å². The average Bonchev–Trinajstić information content (AvgIpc) is 2.88. The SMILES string of the molecule is CC(=O)c1ccccc1NS(=O)(=O)c1ccc(C#N)s1. The standard InChI is InChI=1S/C13H10N2O3S2/c1-9(16)11-4-2-3-5-12(11)15-20(17,18)13-7-6-10(8-14)19-13/h2-7,15H,1H3. The topological polar surface area (TPSA) is 87.0 Å². The molecule has 1 aromatic carbocycles. The van der Waals surface area contributed by atoms with E-state index in [1.165, 1.54) is 25.1 Å². The van der Waals surface area contributed by atoms with E-state index in [-0.39, 0.29) is 15.7 Å². The van der Waals surface area contributed by atoms with Crippen LogP contribution in [0.2, 0.25) is 0 Å². The Hall–Kier alpha value is -2.17. The Bertz CT molecular complexity index is 801. The summed E-state index contributed by atoms with van der Waals surface area (Å²) in [4.78, 5) is 11.8. The number of sulfonamides is 1. The van der Waals surface area contributed by atoms with Gasteiger partial charge >= 0.3 is 0 Å². The normalized spacial score (nSPS) is 10.8. The van der Waals surface area contributed by atoms with Crippen LogP contribution in [0.3, 0.4) is 0 Å². The van der Waals surface area contributed by atoms with Crippen LogP contribution in [0.4, 0.5) is 5.69 Å². The average molecular weight is 306 g/mol. The number of nitrogens with zero attached hydrogens (tertiary/aromatic N) is 1. The first-order valence-electron chi connectivity index (χ1n) is 5.57. The Morgan fingerprint density at radius 3 is 2.55 bits per heavy atom. The number of anilines is 1. The molecule has 0 fully saturated rings. The quantitative estimate of drug-likeness (QED) is 0.880. The van der Waals surface area contributed by atoms with E-state index in [1.54, 1.807) is 18.2 Å². The molecule has 102 valence electrons. The lowest BCUT2D eigenvalue weighted by Gasteiger charge is -2.09. The number of nitrogens with one attached hydrogen (secondary N) is 1. The molecule has 0 saturated carbocycles. The van der Waals surface area contributed by atoms with Gasteiger partial charge in [-0.1, -0.05) is 12.1 Å². The first-order valence-corrected chi connectivity index (χ1v) is 7.87. The van der Waals surface area contributed by atoms with Gasteiger partial charge in [0, 0.05) is 5.56 Å². The highest BCUT2D eigenvalue weighted by atomic mass is 32.2. The lowest BCUT2D eigenvalue weighted by atomic mass is 10.1. The van der Waals surface area contributed by atoms with E-state index in [9.17, 15) is 13.2 Å². The van der Waals surface area contributed by atoms with Gasteiger partial charge in [-0.2, -0.15) is 5.26 Å². The molecular formula is C13H10N2O3S2. The van der Waals surface area contributed by atoms with Crippen LogP contribution in [-0.4, -0.2) is 14.2 Å². The van der Waals surface area contributed by atoms with Crippen molar-refractivity contribution < 1.29 is 13.2 Å². The van der Waals surface area contributed by atoms with Gasteiger partial charge in [0.15, 0.2) is 5.78 Å². The number of hydrogen-bond acceptors (Lipinski definition) is 5. The summed E-state index contributed by atoms with van der Waals surface area (Å²) in [6.45, 7) is 1.37. The summed E-state index contributed by atoms with van der Waals surface area (Å²) in [7, 11) is -3.79. The minimum atomic E-state index is -3.79. The zero-order chi connectivity index (χ0) is 14.8. The monoisotopic (exact) mass is 306 g/mol. The molecule has 2 aromatic rings. The first kappa shape index (κ1) is 14.2. The first-order chi connectivity index (χ1) is 9.44. The van der Waals surface area contributed by atoms with Crippen LogP contribution >= 0.6 is 11.3 Å². The van der Waals surface area contributed by atoms with Crippen molar-refractivity contribution in [3.05, 3.63) is 46.8 Å². The van der Waals surface area contributed by atoms with E-state index < -0.39 is 10.0 Å². The largest absolute Gasteiger partial charge is 0.294 e. The van der Waals surface area contributed by atoms with Gasteiger partial charge in [0.1, 0.15) is 15.2 Å². The highest BCUT2D eigenvalue weighted by molar-refractivity contribution is 7.94. The van der Waals surface area contributed by atoms with E-state index in [0.29, 0.717) is 10.4 Å². The van der Waals surface area contributed by atoms with Crippen LogP contribution in [-0.2, 0) is 10.0 Å². The van der Waals surface area contributed by atoms with Crippen molar-refractivity contribution in [2.75, 3.05) is 4.72 Å². The molecule has 7 heteroatoms. The Kier molecular flexibility index (Phi) is 3.88. The number of carbonyl (C=O) groups excluding carboxylic acids is 1. The number of benzene rings is 1. The summed E-state index contributed by atoms with van der Waals surface area (Å²) in [5.41, 5.74) is 0.528. The summed E-state index contributed by atoms with van der Waals surface area (Å²) >= 11 is 0.877. The second-order valence-corrected chi connectivity index (χ2v) is 6.93. The number of para-hydroxylation sites is 1. The Labute approximate surface area is 120 Å². The van der Waals surface area contributed by atoms with E-state index in [0.717, 1.165) is 11.3 Å². The van der Waals surface area contributed by atoms with Crippen molar-refractivity contribution in [3.8, 4) is 6.07 Å². The number of nitriles is 1. The van der Waals surface area contributed by atoms with Gasteiger partial charge < -0.3 is 0 Å². The third-order valence-electron chi connectivity index (χ3n) is 2.51. The number of Topliss-reactive ketones (excluding diaryl/α,β-unsaturated/α-hetero) is 1. The summed E-state index contributed by atoms with van der Waals surface area (Å²) in [5.74, 6) is -0.229. The number of hydrogen-bond donors (Lipinski definition) is 1. The highest BCUT2D eigenvalue weighted by Crippen LogP contribution is 2.25. The molecule has 0 aliphatic rings. The molecule has 0 spiro atoms. The van der Waals surface area contributed by atoms with E-state index in [2.05, 4.69) is 4.72 Å². The molecule has 0 saturated heterocycles. The van der Waals surface area contributed by atoms with Gasteiger partial charge in [0.25, 0.3) is 10.0 Å². The Morgan fingerprint density at radius 2 is 1.95 bits per heavy atom. The number of ketones is 1. The smallest absolute Gasteiger partial charge is 0.271 e. The number of thiophene rings is 1. The maximum atomic E-state index is 12.2. The molecule has 1 aromatic heterocycles. The Balaban J connectivity index is 2.39. The van der Waals surface area contributed by atoms with Crippen LogP contribution < -0.4 is 4.72 Å². The van der Waals surface area contributed by atoms with Crippen LogP contribution in [0.5, 0.6) is 0 Å². The maximum Gasteiger partial charge on any atom is 0.271 e. The maximum absolute atomic E-state index is 12.2. The third-order valence-corrected chi connectivity index (χ3v) is 5.35. The van der Waals surface area contributed by atoms with Crippen molar-refractivity contribution in [1.82, 2.24) is 0 Å². The van der Waals surface area contributed by atoms with Crippen molar-refractivity contribution in [2.45, 2.75) is 11.1 Å². The molecule has 0 aliphatic carbocycles. The van der Waals surface area contributed by atoms with Gasteiger partial charge in [0.2, 0.25) is 0 Å². The van der Waals surface area contributed by atoms with Crippen LogP contribution in [0.15, 0.2) is 40.6 Å². The molecule has 1 N–H and O–H groups in total. The van der Waals surface area contributed by atoms with Gasteiger partial charge in [-0.3, -0.25) is 9.52 Å². The minimum Gasteiger partial charge on any atom is -0.294 e. The molecule has 0 unspecified atom stereocenters. The summed E-state index contributed by atoms with van der Waals surface area (Å²) in [6.07, 6.45) is 0. The van der Waals surface area contributed by atoms with Crippen molar-refractivity contribution in [2.24, 2.45) is 0 Å². The predicted octanol–water partition coefficient (Wildman–Crippen LogP) is 2.62. The van der Waals surface area contributed by atoms with E-state index in [1.807, 2.05) is 6.07 Å². The lowest BCUT2D eigenvalue weighted by Crippen LogP contribution is -2.13. The van der Waals surface area contributed by atoms with Crippen LogP contribution in [0, 0.1) is 11.3 Å². The summed E-state index contributed by atoms with van der Waals surface area (Å²) in [6, 6.07) is 11.1. The predicted molar refractivity (Wildman–Crippen MR) is 76.3 cm³/mol. The third kappa shape index (κ3) is 2.87. The van der Waals surface area contributed by atoms with Crippen molar-refractivity contribution in [1.29, 1.82) is 5.26 Å². The second kappa shape index (κ2) is 5.45. The highest BCUT2D eigenvalue weighted by Gasteiger charge is 2.19. The fraction of sp³-hybridized carbons (Fsp3) is 0.0769. The summed E-state index contributed by atoms with van der Waals surface area (Å²) in [5, 5.41) is 8.72. The van der Waals surface area contributed by atoms with E-state index >= 15 is 0 Å². The minimum absolute atomic E-state index is 0.0346.